The van der Waals surface area contributed by atoms with Crippen LogP contribution in [0.2, 0.25) is 0 Å². The molecular weight excluding hydrogens is 285 g/mol. The summed E-state index contributed by atoms with van der Waals surface area (Å²) in [5.41, 5.74) is 0. The SMILES string of the molecule is CCNc1cc(NCc2nccn2C)nc(C(F)(F)F)n1. The Morgan fingerprint density at radius 2 is 1.86 bits per heavy atom. The molecule has 2 aromatic rings. The Morgan fingerprint density at radius 3 is 2.38 bits per heavy atom. The first-order valence-electron chi connectivity index (χ1n) is 6.30. The molecule has 2 aromatic heterocycles. The highest BCUT2D eigenvalue weighted by Crippen LogP contribution is 2.28. The summed E-state index contributed by atoms with van der Waals surface area (Å²) in [6.45, 7) is 2.51. The van der Waals surface area contributed by atoms with Crippen LogP contribution in [0.4, 0.5) is 24.8 Å². The van der Waals surface area contributed by atoms with E-state index in [9.17, 15) is 13.2 Å². The Balaban J connectivity index is 2.21. The minimum Gasteiger partial charge on any atom is -0.370 e. The minimum absolute atomic E-state index is 0.0938. The van der Waals surface area contributed by atoms with Crippen LogP contribution in [0.5, 0.6) is 0 Å². The Bertz CT molecular complexity index is 607. The summed E-state index contributed by atoms with van der Waals surface area (Å²) < 4.78 is 40.1. The van der Waals surface area contributed by atoms with Gasteiger partial charge in [0.25, 0.3) is 0 Å². The minimum atomic E-state index is -4.59. The van der Waals surface area contributed by atoms with Crippen molar-refractivity contribution in [3.8, 4) is 0 Å². The van der Waals surface area contributed by atoms with Crippen LogP contribution in [0.15, 0.2) is 18.5 Å². The quantitative estimate of drug-likeness (QED) is 0.886. The Labute approximate surface area is 119 Å². The summed E-state index contributed by atoms with van der Waals surface area (Å²) in [7, 11) is 1.80. The number of halogens is 3. The first kappa shape index (κ1) is 15.1. The number of nitrogens with one attached hydrogen (secondary N) is 2. The molecule has 2 heterocycles. The number of rotatable bonds is 5. The molecule has 21 heavy (non-hydrogen) atoms. The molecule has 0 aliphatic heterocycles. The number of aromatic nitrogens is 4. The van der Waals surface area contributed by atoms with Crippen molar-refractivity contribution in [2.45, 2.75) is 19.6 Å². The van der Waals surface area contributed by atoms with Crippen LogP contribution < -0.4 is 10.6 Å². The predicted molar refractivity (Wildman–Crippen MR) is 71.7 cm³/mol. The van der Waals surface area contributed by atoms with Gasteiger partial charge in [0.2, 0.25) is 5.82 Å². The van der Waals surface area contributed by atoms with Crippen molar-refractivity contribution in [3.05, 3.63) is 30.1 Å². The zero-order valence-corrected chi connectivity index (χ0v) is 11.6. The van der Waals surface area contributed by atoms with Crippen molar-refractivity contribution in [1.29, 1.82) is 0 Å². The molecule has 0 bridgehead atoms. The van der Waals surface area contributed by atoms with E-state index in [4.69, 9.17) is 0 Å². The third-order valence-corrected chi connectivity index (χ3v) is 2.69. The number of hydrogen-bond donors (Lipinski definition) is 2. The van der Waals surface area contributed by atoms with Gasteiger partial charge < -0.3 is 15.2 Å². The van der Waals surface area contributed by atoms with Crippen LogP contribution in [-0.2, 0) is 19.8 Å². The average molecular weight is 300 g/mol. The van der Waals surface area contributed by atoms with Crippen molar-refractivity contribution in [2.24, 2.45) is 7.05 Å². The molecule has 0 aliphatic carbocycles. The molecule has 2 rings (SSSR count). The lowest BCUT2D eigenvalue weighted by Crippen LogP contribution is -2.15. The van der Waals surface area contributed by atoms with Gasteiger partial charge in [-0.3, -0.25) is 0 Å². The molecule has 0 aromatic carbocycles. The molecule has 0 spiro atoms. The van der Waals surface area contributed by atoms with Gasteiger partial charge in [-0.15, -0.1) is 0 Å². The Kier molecular flexibility index (Phi) is 4.29. The van der Waals surface area contributed by atoms with Crippen LogP contribution in [0.3, 0.4) is 0 Å². The maximum absolute atomic E-state index is 12.8. The molecule has 0 aliphatic rings. The third kappa shape index (κ3) is 3.83. The number of anilines is 2. The number of aryl methyl sites for hydroxylation is 1. The standard InChI is InChI=1S/C12H15F3N6/c1-3-16-8-6-9(20-11(19-8)12(13,14)15)18-7-10-17-4-5-21(10)2/h4-6H,3,7H2,1-2H3,(H2,16,18,19,20). The molecule has 114 valence electrons. The normalized spacial score (nSPS) is 11.5. The fourth-order valence-corrected chi connectivity index (χ4v) is 1.67. The van der Waals surface area contributed by atoms with Gasteiger partial charge in [-0.05, 0) is 6.92 Å². The van der Waals surface area contributed by atoms with Gasteiger partial charge >= 0.3 is 6.18 Å². The van der Waals surface area contributed by atoms with Gasteiger partial charge in [0.15, 0.2) is 0 Å². The van der Waals surface area contributed by atoms with Crippen molar-refractivity contribution < 1.29 is 13.2 Å². The highest BCUT2D eigenvalue weighted by molar-refractivity contribution is 5.47. The number of nitrogens with zero attached hydrogens (tertiary/aromatic N) is 4. The maximum atomic E-state index is 12.8. The molecule has 0 atom stereocenters. The van der Waals surface area contributed by atoms with Gasteiger partial charge in [0.1, 0.15) is 17.5 Å². The number of alkyl halides is 3. The van der Waals surface area contributed by atoms with Gasteiger partial charge in [-0.2, -0.15) is 13.2 Å². The van der Waals surface area contributed by atoms with Crippen molar-refractivity contribution in [3.63, 3.8) is 0 Å². The van der Waals surface area contributed by atoms with E-state index in [1.54, 1.807) is 30.9 Å². The van der Waals surface area contributed by atoms with Crippen LogP contribution in [-0.4, -0.2) is 26.1 Å². The second-order valence-corrected chi connectivity index (χ2v) is 4.30. The van der Waals surface area contributed by atoms with Gasteiger partial charge in [0.05, 0.1) is 6.54 Å². The highest BCUT2D eigenvalue weighted by Gasteiger charge is 2.35. The fraction of sp³-hybridized carbons (Fsp3) is 0.417. The van der Waals surface area contributed by atoms with E-state index in [2.05, 4.69) is 25.6 Å². The van der Waals surface area contributed by atoms with E-state index < -0.39 is 12.0 Å². The molecular formula is C12H15F3N6. The summed E-state index contributed by atoms with van der Waals surface area (Å²) in [5, 5.41) is 5.58. The molecule has 0 saturated heterocycles. The summed E-state index contributed by atoms with van der Waals surface area (Å²) in [6.07, 6.45) is -1.23. The molecule has 0 fully saturated rings. The molecule has 0 saturated carbocycles. The number of hydrogen-bond acceptors (Lipinski definition) is 5. The molecule has 6 nitrogen and oxygen atoms in total. The van der Waals surface area contributed by atoms with Crippen LogP contribution in [0.1, 0.15) is 18.6 Å². The Morgan fingerprint density at radius 1 is 1.19 bits per heavy atom. The second-order valence-electron chi connectivity index (χ2n) is 4.30. The van der Waals surface area contributed by atoms with E-state index in [-0.39, 0.29) is 18.2 Å². The highest BCUT2D eigenvalue weighted by atomic mass is 19.4. The van der Waals surface area contributed by atoms with E-state index in [1.807, 2.05) is 0 Å². The summed E-state index contributed by atoms with van der Waals surface area (Å²) in [6, 6.07) is 1.43. The molecule has 0 unspecified atom stereocenters. The van der Waals surface area contributed by atoms with Gasteiger partial charge in [-0.1, -0.05) is 0 Å². The lowest BCUT2D eigenvalue weighted by molar-refractivity contribution is -0.144. The zero-order valence-electron chi connectivity index (χ0n) is 11.6. The van der Waals surface area contributed by atoms with Crippen LogP contribution >= 0.6 is 0 Å². The Hall–Kier alpha value is -2.32. The maximum Gasteiger partial charge on any atom is 0.451 e. The third-order valence-electron chi connectivity index (χ3n) is 2.69. The zero-order chi connectivity index (χ0) is 15.5. The summed E-state index contributed by atoms with van der Waals surface area (Å²) in [4.78, 5) is 11.0. The molecule has 0 amide bonds. The first-order chi connectivity index (χ1) is 9.90. The number of imidazole rings is 1. The smallest absolute Gasteiger partial charge is 0.370 e. The van der Waals surface area contributed by atoms with E-state index in [1.165, 1.54) is 6.07 Å². The topological polar surface area (TPSA) is 67.7 Å². The first-order valence-corrected chi connectivity index (χ1v) is 6.30. The fourth-order valence-electron chi connectivity index (χ4n) is 1.67. The summed E-state index contributed by atoms with van der Waals surface area (Å²) >= 11 is 0. The van der Waals surface area contributed by atoms with E-state index in [0.29, 0.717) is 12.4 Å². The van der Waals surface area contributed by atoms with E-state index in [0.717, 1.165) is 0 Å². The lowest BCUT2D eigenvalue weighted by atomic mass is 10.4. The molecule has 2 N–H and O–H groups in total. The monoisotopic (exact) mass is 300 g/mol. The second kappa shape index (κ2) is 5.98. The van der Waals surface area contributed by atoms with Crippen LogP contribution in [0.25, 0.3) is 0 Å². The van der Waals surface area contributed by atoms with Gasteiger partial charge in [-0.25, -0.2) is 15.0 Å². The van der Waals surface area contributed by atoms with Crippen LogP contribution in [0, 0.1) is 0 Å². The van der Waals surface area contributed by atoms with Crippen molar-refractivity contribution in [2.75, 3.05) is 17.2 Å². The van der Waals surface area contributed by atoms with Gasteiger partial charge in [0, 0.05) is 32.1 Å². The van der Waals surface area contributed by atoms with E-state index >= 15 is 0 Å². The molecule has 0 radical (unpaired) electrons. The lowest BCUT2D eigenvalue weighted by Gasteiger charge is -2.12. The average Bonchev–Trinajstić information content (AvgIpc) is 2.81. The van der Waals surface area contributed by atoms with Crippen molar-refractivity contribution in [1.82, 2.24) is 19.5 Å². The largest absolute Gasteiger partial charge is 0.451 e. The predicted octanol–water partition coefficient (Wildman–Crippen LogP) is 2.27. The molecule has 9 heteroatoms. The van der Waals surface area contributed by atoms with Crippen molar-refractivity contribution >= 4 is 11.6 Å². The summed E-state index contributed by atoms with van der Waals surface area (Å²) in [5.74, 6) is -0.270.